The Kier molecular flexibility index (Phi) is 10.0. The third-order valence-electron chi connectivity index (χ3n) is 10.7. The zero-order chi connectivity index (χ0) is 37.2. The van der Waals surface area contributed by atoms with Crippen molar-refractivity contribution in [2.75, 3.05) is 49.9 Å². The van der Waals surface area contributed by atoms with Gasteiger partial charge in [0.2, 0.25) is 11.8 Å². The molecule has 278 valence electrons. The molecule has 6 aromatic heterocycles. The minimum Gasteiger partial charge on any atom is -0.444 e. The van der Waals surface area contributed by atoms with E-state index in [2.05, 4.69) is 76.3 Å². The first-order valence-electron chi connectivity index (χ1n) is 18.9. The maximum atomic E-state index is 9.50. The van der Waals surface area contributed by atoms with Crippen LogP contribution in [0.2, 0.25) is 0 Å². The molecule has 0 spiro atoms. The van der Waals surface area contributed by atoms with Gasteiger partial charge in [-0.2, -0.15) is 10.5 Å². The molecule has 0 unspecified atom stereocenters. The molecule has 0 aliphatic carbocycles. The number of aromatic nitrogens is 6. The minimum atomic E-state index is 0.0990. The summed E-state index contributed by atoms with van der Waals surface area (Å²) in [4.78, 5) is 26.9. The topological polar surface area (TPSA) is 177 Å². The SMILES string of the molecule is Cc1coc(-c2cnc3[nH]ccc3c2N[C@@H]2C[C@H](Cn3ccc4c(N[C@@H]5C[C@H](C)CN(CCC#N)C5)c(-c5ncc(C)o5)cnc43)CN(CCC#N)C2)n1. The van der Waals surface area contributed by atoms with Crippen molar-refractivity contribution in [2.24, 2.45) is 11.8 Å². The molecule has 0 amide bonds. The van der Waals surface area contributed by atoms with Crippen molar-refractivity contribution >= 4 is 33.4 Å². The molecule has 0 bridgehead atoms. The van der Waals surface area contributed by atoms with Gasteiger partial charge in [0.15, 0.2) is 0 Å². The number of nitrogens with zero attached hydrogens (tertiary/aromatic N) is 9. The number of nitriles is 2. The Bertz CT molecular complexity index is 2320. The van der Waals surface area contributed by atoms with Crippen LogP contribution in [-0.4, -0.2) is 90.6 Å². The summed E-state index contributed by atoms with van der Waals surface area (Å²) in [5.41, 5.74) is 6.08. The Morgan fingerprint density at radius 3 is 2.30 bits per heavy atom. The summed E-state index contributed by atoms with van der Waals surface area (Å²) in [5.74, 6) is 2.60. The normalized spacial score (nSPS) is 21.0. The van der Waals surface area contributed by atoms with Crippen LogP contribution in [-0.2, 0) is 6.54 Å². The Balaban J connectivity index is 1.09. The molecule has 8 heterocycles. The summed E-state index contributed by atoms with van der Waals surface area (Å²) >= 11 is 0. The summed E-state index contributed by atoms with van der Waals surface area (Å²) < 4.78 is 14.2. The summed E-state index contributed by atoms with van der Waals surface area (Å²) in [7, 11) is 0. The maximum absolute atomic E-state index is 9.50. The standard InChI is InChI=1S/C40H46N12O2/c1-25-14-29(22-50(19-25)11-4-8-41)48-36-32-7-13-52(38(32)45-18-33(36)39-46-16-27(3)54-39)21-28-15-30(23-51(20-28)12-5-9-42)49-35-31-6-10-43-37(31)44-17-34(35)40-47-26(2)24-53-40/h6-7,10,13,16-18,24-25,28-30H,4-5,11-12,14-15,19-23H2,1-3H3,(H,45,48)(H2,43,44,49)/t25-,28-,29+,30+/m0/s1. The molecule has 2 fully saturated rings. The number of hydrogen-bond donors (Lipinski definition) is 3. The van der Waals surface area contributed by atoms with Crippen molar-refractivity contribution in [3.63, 3.8) is 0 Å². The van der Waals surface area contributed by atoms with Crippen LogP contribution in [0.4, 0.5) is 11.4 Å². The van der Waals surface area contributed by atoms with E-state index in [4.69, 9.17) is 13.8 Å². The number of hydrogen-bond acceptors (Lipinski definition) is 12. The molecule has 0 radical (unpaired) electrons. The summed E-state index contributed by atoms with van der Waals surface area (Å²) in [5, 5.41) is 28.5. The van der Waals surface area contributed by atoms with Gasteiger partial charge >= 0.3 is 0 Å². The van der Waals surface area contributed by atoms with E-state index in [1.165, 1.54) is 0 Å². The highest BCUT2D eigenvalue weighted by atomic mass is 16.4. The molecule has 2 saturated heterocycles. The van der Waals surface area contributed by atoms with Crippen molar-refractivity contribution in [1.29, 1.82) is 10.5 Å². The van der Waals surface area contributed by atoms with Gasteiger partial charge in [-0.25, -0.2) is 19.9 Å². The van der Waals surface area contributed by atoms with Gasteiger partial charge in [-0.1, -0.05) is 6.92 Å². The zero-order valence-electron chi connectivity index (χ0n) is 31.0. The lowest BCUT2D eigenvalue weighted by molar-refractivity contribution is 0.155. The lowest BCUT2D eigenvalue weighted by atomic mass is 9.93. The third kappa shape index (κ3) is 7.40. The van der Waals surface area contributed by atoms with Crippen molar-refractivity contribution in [2.45, 2.75) is 65.1 Å². The highest BCUT2D eigenvalue weighted by molar-refractivity contribution is 5.98. The largest absolute Gasteiger partial charge is 0.444 e. The fourth-order valence-corrected chi connectivity index (χ4v) is 8.46. The molecule has 6 aromatic rings. The van der Waals surface area contributed by atoms with E-state index in [1.54, 1.807) is 12.5 Å². The fraction of sp³-hybridized carbons (Fsp3) is 0.450. The first-order chi connectivity index (χ1) is 26.3. The van der Waals surface area contributed by atoms with E-state index < -0.39 is 0 Å². The molecule has 0 saturated carbocycles. The highest BCUT2D eigenvalue weighted by Crippen LogP contribution is 2.38. The molecular formula is C40H46N12O2. The second-order valence-corrected chi connectivity index (χ2v) is 15.1. The van der Waals surface area contributed by atoms with Crippen molar-refractivity contribution < 1.29 is 8.83 Å². The number of fused-ring (bicyclic) bond motifs is 2. The minimum absolute atomic E-state index is 0.0990. The van der Waals surface area contributed by atoms with Gasteiger partial charge in [0.1, 0.15) is 23.3 Å². The van der Waals surface area contributed by atoms with E-state index in [9.17, 15) is 10.5 Å². The van der Waals surface area contributed by atoms with Crippen LogP contribution >= 0.6 is 0 Å². The average molecular weight is 727 g/mol. The van der Waals surface area contributed by atoms with Crippen LogP contribution in [0.15, 0.2) is 58.2 Å². The number of oxazole rings is 2. The monoisotopic (exact) mass is 726 g/mol. The number of aryl methyl sites for hydroxylation is 2. The van der Waals surface area contributed by atoms with Crippen molar-refractivity contribution in [3.05, 3.63) is 60.8 Å². The lowest BCUT2D eigenvalue weighted by Crippen LogP contribution is -2.47. The number of pyridine rings is 2. The first-order valence-corrected chi connectivity index (χ1v) is 18.9. The van der Waals surface area contributed by atoms with E-state index in [0.717, 1.165) is 108 Å². The van der Waals surface area contributed by atoms with Crippen LogP contribution in [0.5, 0.6) is 0 Å². The number of likely N-dealkylation sites (tertiary alicyclic amines) is 2. The number of piperidine rings is 2. The van der Waals surface area contributed by atoms with Gasteiger partial charge in [0.25, 0.3) is 0 Å². The number of rotatable bonds is 12. The third-order valence-corrected chi connectivity index (χ3v) is 10.7. The maximum Gasteiger partial charge on any atom is 0.229 e. The van der Waals surface area contributed by atoms with E-state index in [-0.39, 0.29) is 18.0 Å². The van der Waals surface area contributed by atoms with Gasteiger partial charge in [-0.15, -0.1) is 0 Å². The summed E-state index contributed by atoms with van der Waals surface area (Å²) in [6.45, 7) is 11.9. The molecule has 8 rings (SSSR count). The predicted octanol–water partition coefficient (Wildman–Crippen LogP) is 6.59. The molecule has 2 aliphatic heterocycles. The predicted molar refractivity (Wildman–Crippen MR) is 206 cm³/mol. The van der Waals surface area contributed by atoms with Gasteiger partial charge < -0.3 is 33.9 Å². The molecule has 0 aromatic carbocycles. The number of anilines is 2. The smallest absolute Gasteiger partial charge is 0.229 e. The Morgan fingerprint density at radius 2 is 1.57 bits per heavy atom. The summed E-state index contributed by atoms with van der Waals surface area (Å²) in [6, 6.07) is 9.13. The van der Waals surface area contributed by atoms with Gasteiger partial charge in [0, 0.05) is 106 Å². The molecule has 54 heavy (non-hydrogen) atoms. The van der Waals surface area contributed by atoms with Crippen LogP contribution in [0.1, 0.15) is 44.1 Å². The van der Waals surface area contributed by atoms with Gasteiger partial charge in [-0.3, -0.25) is 4.90 Å². The number of aromatic amines is 1. The fourth-order valence-electron chi connectivity index (χ4n) is 8.46. The number of H-pyrrole nitrogens is 1. The molecule has 14 heteroatoms. The summed E-state index contributed by atoms with van der Waals surface area (Å²) in [6.07, 6.45) is 14.1. The number of nitrogens with one attached hydrogen (secondary N) is 3. The Hall–Kier alpha value is -5.70. The van der Waals surface area contributed by atoms with E-state index in [1.807, 2.05) is 38.5 Å². The van der Waals surface area contributed by atoms with Crippen molar-refractivity contribution in [3.8, 4) is 35.0 Å². The average Bonchev–Trinajstić information content (AvgIpc) is 3.98. The lowest BCUT2D eigenvalue weighted by Gasteiger charge is -2.38. The van der Waals surface area contributed by atoms with E-state index >= 15 is 0 Å². The van der Waals surface area contributed by atoms with Crippen LogP contribution in [0, 0.1) is 48.3 Å². The second kappa shape index (κ2) is 15.3. The molecule has 2 aliphatic rings. The first kappa shape index (κ1) is 35.3. The van der Waals surface area contributed by atoms with E-state index in [0.29, 0.717) is 37.1 Å². The quantitative estimate of drug-likeness (QED) is 0.123. The Labute approximate surface area is 314 Å². The second-order valence-electron chi connectivity index (χ2n) is 15.1. The van der Waals surface area contributed by atoms with Crippen molar-refractivity contribution in [1.82, 2.24) is 39.3 Å². The van der Waals surface area contributed by atoms with Crippen LogP contribution in [0.25, 0.3) is 45.0 Å². The highest BCUT2D eigenvalue weighted by Gasteiger charge is 2.31. The Morgan fingerprint density at radius 1 is 0.852 bits per heavy atom. The molecule has 3 N–H and O–H groups in total. The van der Waals surface area contributed by atoms with Crippen LogP contribution in [0.3, 0.4) is 0 Å². The molecule has 4 atom stereocenters. The molecule has 14 nitrogen and oxygen atoms in total. The zero-order valence-corrected chi connectivity index (χ0v) is 31.0. The van der Waals surface area contributed by atoms with Gasteiger partial charge in [0.05, 0.1) is 46.5 Å². The van der Waals surface area contributed by atoms with Gasteiger partial charge in [-0.05, 0) is 50.7 Å². The van der Waals surface area contributed by atoms with Crippen LogP contribution < -0.4 is 10.6 Å². The molecular weight excluding hydrogens is 681 g/mol.